The fourth-order valence-corrected chi connectivity index (χ4v) is 4.11. The lowest BCUT2D eigenvalue weighted by atomic mass is 10.1. The highest BCUT2D eigenvalue weighted by Crippen LogP contribution is 2.33. The average molecular weight is 410 g/mol. The summed E-state index contributed by atoms with van der Waals surface area (Å²) in [6.45, 7) is 0.691. The van der Waals surface area contributed by atoms with E-state index in [9.17, 15) is 4.79 Å². The summed E-state index contributed by atoms with van der Waals surface area (Å²) in [6.07, 6.45) is 3.56. The molecule has 1 saturated heterocycles. The molecular formula is C25H22N4O2. The molecule has 6 heteroatoms. The van der Waals surface area contributed by atoms with Gasteiger partial charge < -0.3 is 9.64 Å². The first kappa shape index (κ1) is 19.2. The maximum atomic E-state index is 13.3. The number of benzene rings is 2. The summed E-state index contributed by atoms with van der Waals surface area (Å²) in [6, 6.07) is 21.1. The maximum absolute atomic E-state index is 13.3. The summed E-state index contributed by atoms with van der Waals surface area (Å²) in [5.74, 6) is 1.32. The molecular weight excluding hydrogens is 388 g/mol. The van der Waals surface area contributed by atoms with Gasteiger partial charge in [0, 0.05) is 23.7 Å². The van der Waals surface area contributed by atoms with E-state index >= 15 is 0 Å². The number of hydrogen-bond donors (Lipinski definition) is 0. The van der Waals surface area contributed by atoms with Crippen molar-refractivity contribution in [3.8, 4) is 17.1 Å². The zero-order valence-corrected chi connectivity index (χ0v) is 17.2. The number of carbonyl (C=O) groups is 1. The monoisotopic (exact) mass is 410 g/mol. The Hall–Kier alpha value is -3.80. The van der Waals surface area contributed by atoms with E-state index in [2.05, 4.69) is 9.97 Å². The fourth-order valence-electron chi connectivity index (χ4n) is 4.11. The molecule has 1 aliphatic heterocycles. The number of rotatable bonds is 4. The van der Waals surface area contributed by atoms with E-state index in [1.165, 1.54) is 0 Å². The van der Waals surface area contributed by atoms with Gasteiger partial charge in [-0.25, -0.2) is 15.0 Å². The number of amides is 1. The Kier molecular flexibility index (Phi) is 5.04. The van der Waals surface area contributed by atoms with Crippen molar-refractivity contribution in [3.05, 3.63) is 84.3 Å². The number of pyridine rings is 1. The van der Waals surface area contributed by atoms with E-state index in [4.69, 9.17) is 9.72 Å². The lowest BCUT2D eigenvalue weighted by molar-refractivity contribution is 0.0727. The van der Waals surface area contributed by atoms with Gasteiger partial charge in [0.2, 0.25) is 0 Å². The van der Waals surface area contributed by atoms with Crippen molar-refractivity contribution in [2.24, 2.45) is 0 Å². The van der Waals surface area contributed by atoms with Crippen LogP contribution < -0.4 is 4.74 Å². The van der Waals surface area contributed by atoms with Crippen molar-refractivity contribution in [2.75, 3.05) is 13.7 Å². The van der Waals surface area contributed by atoms with Gasteiger partial charge >= 0.3 is 0 Å². The van der Waals surface area contributed by atoms with Crippen molar-refractivity contribution in [1.82, 2.24) is 19.9 Å². The SMILES string of the molecule is COc1cccc(-c2nccc([C@H]3CCCN3C(=O)c3ccc4ccccc4n3)n2)c1. The molecule has 1 atom stereocenters. The number of aromatic nitrogens is 3. The highest BCUT2D eigenvalue weighted by molar-refractivity contribution is 5.95. The molecule has 0 radical (unpaired) electrons. The smallest absolute Gasteiger partial charge is 0.273 e. The van der Waals surface area contributed by atoms with Crippen LogP contribution in [-0.2, 0) is 0 Å². The molecule has 6 nitrogen and oxygen atoms in total. The Morgan fingerprint density at radius 3 is 2.84 bits per heavy atom. The quantitative estimate of drug-likeness (QED) is 0.489. The molecule has 0 aliphatic carbocycles. The van der Waals surface area contributed by atoms with Crippen molar-refractivity contribution in [1.29, 1.82) is 0 Å². The molecule has 4 aromatic rings. The molecule has 1 amide bonds. The Balaban J connectivity index is 1.45. The van der Waals surface area contributed by atoms with Gasteiger partial charge in [-0.15, -0.1) is 0 Å². The van der Waals surface area contributed by atoms with Crippen LogP contribution in [0.3, 0.4) is 0 Å². The van der Waals surface area contributed by atoms with Crippen molar-refractivity contribution >= 4 is 16.8 Å². The van der Waals surface area contributed by atoms with Crippen LogP contribution in [0.1, 0.15) is 35.1 Å². The van der Waals surface area contributed by atoms with E-state index in [1.54, 1.807) is 13.3 Å². The summed E-state index contributed by atoms with van der Waals surface area (Å²) in [7, 11) is 1.64. The number of fused-ring (bicyclic) bond motifs is 1. The van der Waals surface area contributed by atoms with Crippen LogP contribution in [-0.4, -0.2) is 39.4 Å². The molecule has 2 aromatic carbocycles. The van der Waals surface area contributed by atoms with Gasteiger partial charge in [-0.2, -0.15) is 0 Å². The van der Waals surface area contributed by atoms with Crippen LogP contribution in [0.2, 0.25) is 0 Å². The molecule has 3 heterocycles. The highest BCUT2D eigenvalue weighted by Gasteiger charge is 2.32. The zero-order chi connectivity index (χ0) is 21.2. The van der Waals surface area contributed by atoms with Crippen LogP contribution in [0, 0.1) is 0 Å². The number of hydrogen-bond acceptors (Lipinski definition) is 5. The molecule has 1 fully saturated rings. The number of likely N-dealkylation sites (tertiary alicyclic amines) is 1. The van der Waals surface area contributed by atoms with Crippen molar-refractivity contribution in [3.63, 3.8) is 0 Å². The topological polar surface area (TPSA) is 68.2 Å². The van der Waals surface area contributed by atoms with E-state index < -0.39 is 0 Å². The number of methoxy groups -OCH3 is 1. The number of carbonyl (C=O) groups excluding carboxylic acids is 1. The fraction of sp³-hybridized carbons (Fsp3) is 0.200. The summed E-state index contributed by atoms with van der Waals surface area (Å²) >= 11 is 0. The Morgan fingerprint density at radius 2 is 1.94 bits per heavy atom. The van der Waals surface area contributed by atoms with E-state index in [1.807, 2.05) is 71.6 Å². The van der Waals surface area contributed by atoms with Crippen molar-refractivity contribution in [2.45, 2.75) is 18.9 Å². The third-order valence-corrected chi connectivity index (χ3v) is 5.68. The summed E-state index contributed by atoms with van der Waals surface area (Å²) in [5, 5.41) is 1.02. The van der Waals surface area contributed by atoms with E-state index in [0.717, 1.165) is 40.8 Å². The van der Waals surface area contributed by atoms with Crippen LogP contribution in [0.5, 0.6) is 5.75 Å². The molecule has 0 bridgehead atoms. The first-order valence-electron chi connectivity index (χ1n) is 10.4. The third kappa shape index (κ3) is 3.72. The number of nitrogens with zero attached hydrogens (tertiary/aromatic N) is 4. The Labute approximate surface area is 180 Å². The molecule has 0 saturated carbocycles. The van der Waals surface area contributed by atoms with Crippen LogP contribution in [0.25, 0.3) is 22.3 Å². The van der Waals surface area contributed by atoms with Gasteiger partial charge in [-0.05, 0) is 43.2 Å². The van der Waals surface area contributed by atoms with Crippen LogP contribution >= 0.6 is 0 Å². The van der Waals surface area contributed by atoms with Gasteiger partial charge in [-0.3, -0.25) is 4.79 Å². The molecule has 0 spiro atoms. The predicted molar refractivity (Wildman–Crippen MR) is 119 cm³/mol. The third-order valence-electron chi connectivity index (χ3n) is 5.68. The van der Waals surface area contributed by atoms with Crippen LogP contribution in [0.4, 0.5) is 0 Å². The first-order valence-corrected chi connectivity index (χ1v) is 10.4. The van der Waals surface area contributed by atoms with Crippen molar-refractivity contribution < 1.29 is 9.53 Å². The zero-order valence-electron chi connectivity index (χ0n) is 17.2. The summed E-state index contributed by atoms with van der Waals surface area (Å²) < 4.78 is 5.32. The first-order chi connectivity index (χ1) is 15.2. The number of ether oxygens (including phenoxy) is 1. The van der Waals surface area contributed by atoms with E-state index in [0.29, 0.717) is 18.1 Å². The number of para-hydroxylation sites is 1. The van der Waals surface area contributed by atoms with E-state index in [-0.39, 0.29) is 11.9 Å². The molecule has 1 aliphatic rings. The maximum Gasteiger partial charge on any atom is 0.273 e. The molecule has 0 unspecified atom stereocenters. The summed E-state index contributed by atoms with van der Waals surface area (Å²) in [4.78, 5) is 29.0. The molecule has 5 rings (SSSR count). The lowest BCUT2D eigenvalue weighted by Crippen LogP contribution is -2.31. The second-order valence-electron chi connectivity index (χ2n) is 7.58. The standard InChI is InChI=1S/C25H22N4O2/c1-31-19-8-4-7-18(16-19)24-26-14-13-21(28-24)23-10-5-15-29(23)25(30)22-12-11-17-6-2-3-9-20(17)27-22/h2-4,6-9,11-14,16,23H,5,10,15H2,1H3/t23-/m1/s1. The lowest BCUT2D eigenvalue weighted by Gasteiger charge is -2.24. The van der Waals surface area contributed by atoms with Gasteiger partial charge in [0.05, 0.1) is 24.4 Å². The van der Waals surface area contributed by atoms with Gasteiger partial charge in [0.1, 0.15) is 11.4 Å². The van der Waals surface area contributed by atoms with Gasteiger partial charge in [0.25, 0.3) is 5.91 Å². The average Bonchev–Trinajstić information content (AvgIpc) is 3.33. The molecule has 0 N–H and O–H groups in total. The molecule has 154 valence electrons. The molecule has 31 heavy (non-hydrogen) atoms. The minimum atomic E-state index is -0.0897. The Morgan fingerprint density at radius 1 is 1.03 bits per heavy atom. The second kappa shape index (κ2) is 8.14. The highest BCUT2D eigenvalue weighted by atomic mass is 16.5. The normalized spacial score (nSPS) is 15.9. The minimum absolute atomic E-state index is 0.0604. The summed E-state index contributed by atoms with van der Waals surface area (Å²) in [5.41, 5.74) is 3.02. The minimum Gasteiger partial charge on any atom is -0.497 e. The van der Waals surface area contributed by atoms with Gasteiger partial charge in [-0.1, -0.05) is 36.4 Å². The molecule has 2 aromatic heterocycles. The second-order valence-corrected chi connectivity index (χ2v) is 7.58. The Bertz CT molecular complexity index is 1260. The van der Waals surface area contributed by atoms with Crippen LogP contribution in [0.15, 0.2) is 72.9 Å². The predicted octanol–water partition coefficient (Wildman–Crippen LogP) is 4.68. The van der Waals surface area contributed by atoms with Gasteiger partial charge in [0.15, 0.2) is 5.82 Å². The largest absolute Gasteiger partial charge is 0.497 e.